The minimum atomic E-state index is -4.14. The molecule has 0 aromatic heterocycles. The minimum absolute atomic E-state index is 0.0634. The molecule has 0 fully saturated rings. The Bertz CT molecular complexity index is 429. The summed E-state index contributed by atoms with van der Waals surface area (Å²) in [5.41, 5.74) is 0.459. The van der Waals surface area contributed by atoms with Crippen molar-refractivity contribution in [1.29, 1.82) is 0 Å². The molecule has 1 rings (SSSR count). The maximum atomic E-state index is 11.1. The third-order valence-corrected chi connectivity index (χ3v) is 3.17. The van der Waals surface area contributed by atoms with Crippen molar-refractivity contribution in [2.24, 2.45) is 0 Å². The highest BCUT2D eigenvalue weighted by Gasteiger charge is 2.13. The first-order chi connectivity index (χ1) is 7.55. The molecule has 0 bridgehead atoms. The van der Waals surface area contributed by atoms with E-state index in [9.17, 15) is 8.42 Å². The predicted octanol–water partition coefficient (Wildman–Crippen LogP) is 2.54. The number of hydrogen-bond donors (Lipinski definition) is 2. The van der Waals surface area contributed by atoms with Gasteiger partial charge in [-0.2, -0.15) is 8.42 Å². The Kier molecular flexibility index (Phi) is 4.76. The fourth-order valence-electron chi connectivity index (χ4n) is 1.44. The first-order valence-electron chi connectivity index (χ1n) is 5.36. The van der Waals surface area contributed by atoms with E-state index in [0.29, 0.717) is 12.2 Å². The molecular formula is C11H17NO3S. The Morgan fingerprint density at radius 3 is 2.56 bits per heavy atom. The molecule has 0 heterocycles. The Hall–Kier alpha value is -1.07. The van der Waals surface area contributed by atoms with Crippen molar-refractivity contribution in [2.75, 3.05) is 11.9 Å². The average Bonchev–Trinajstić information content (AvgIpc) is 2.24. The zero-order chi connectivity index (χ0) is 12.0. The lowest BCUT2D eigenvalue weighted by Gasteiger charge is -2.09. The Morgan fingerprint density at radius 1 is 1.25 bits per heavy atom. The summed E-state index contributed by atoms with van der Waals surface area (Å²) >= 11 is 0. The molecule has 0 unspecified atom stereocenters. The van der Waals surface area contributed by atoms with Crippen LogP contribution in [0.1, 0.15) is 26.2 Å². The van der Waals surface area contributed by atoms with E-state index in [2.05, 4.69) is 12.2 Å². The van der Waals surface area contributed by atoms with Crippen molar-refractivity contribution in [1.82, 2.24) is 0 Å². The number of unbranched alkanes of at least 4 members (excludes halogenated alkanes) is 2. The molecular weight excluding hydrogens is 226 g/mol. The van der Waals surface area contributed by atoms with E-state index in [1.807, 2.05) is 0 Å². The lowest BCUT2D eigenvalue weighted by Crippen LogP contribution is -2.07. The van der Waals surface area contributed by atoms with E-state index >= 15 is 0 Å². The van der Waals surface area contributed by atoms with Gasteiger partial charge in [0.15, 0.2) is 0 Å². The van der Waals surface area contributed by atoms with Gasteiger partial charge in [0.2, 0.25) is 0 Å². The number of rotatable bonds is 6. The van der Waals surface area contributed by atoms with Crippen LogP contribution in [0.25, 0.3) is 0 Å². The van der Waals surface area contributed by atoms with Gasteiger partial charge >= 0.3 is 0 Å². The van der Waals surface area contributed by atoms with Crippen molar-refractivity contribution >= 4 is 15.8 Å². The molecule has 0 aliphatic heterocycles. The predicted molar refractivity (Wildman–Crippen MR) is 64.3 cm³/mol. The highest BCUT2D eigenvalue weighted by molar-refractivity contribution is 7.86. The number of nitrogens with one attached hydrogen (secondary N) is 1. The molecule has 16 heavy (non-hydrogen) atoms. The maximum Gasteiger partial charge on any atom is 0.296 e. The smallest absolute Gasteiger partial charge is 0.296 e. The monoisotopic (exact) mass is 243 g/mol. The van der Waals surface area contributed by atoms with Crippen LogP contribution in [0.15, 0.2) is 29.2 Å². The van der Waals surface area contributed by atoms with E-state index < -0.39 is 10.1 Å². The summed E-state index contributed by atoms with van der Waals surface area (Å²) in [6.07, 6.45) is 3.19. The highest BCUT2D eigenvalue weighted by Crippen LogP contribution is 2.20. The topological polar surface area (TPSA) is 66.4 Å². The van der Waals surface area contributed by atoms with Gasteiger partial charge in [0.05, 0.1) is 5.69 Å². The van der Waals surface area contributed by atoms with Crippen LogP contribution in [-0.4, -0.2) is 19.5 Å². The molecule has 0 spiro atoms. The van der Waals surface area contributed by atoms with Gasteiger partial charge in [0.25, 0.3) is 10.1 Å². The molecule has 0 atom stereocenters. The second kappa shape index (κ2) is 5.86. The summed E-state index contributed by atoms with van der Waals surface area (Å²) < 4.78 is 31.1. The van der Waals surface area contributed by atoms with Crippen LogP contribution in [-0.2, 0) is 10.1 Å². The highest BCUT2D eigenvalue weighted by atomic mass is 32.2. The fraction of sp³-hybridized carbons (Fsp3) is 0.455. The molecule has 4 nitrogen and oxygen atoms in total. The summed E-state index contributed by atoms with van der Waals surface area (Å²) in [6.45, 7) is 2.81. The summed E-state index contributed by atoms with van der Waals surface area (Å²) in [5, 5.41) is 3.02. The van der Waals surface area contributed by atoms with Crippen LogP contribution in [0.4, 0.5) is 5.69 Å². The van der Waals surface area contributed by atoms with Gasteiger partial charge in [-0.05, 0) is 18.6 Å². The zero-order valence-electron chi connectivity index (χ0n) is 9.31. The van der Waals surface area contributed by atoms with Gasteiger partial charge < -0.3 is 5.32 Å². The first-order valence-corrected chi connectivity index (χ1v) is 6.80. The van der Waals surface area contributed by atoms with E-state index in [0.717, 1.165) is 19.3 Å². The number of benzene rings is 1. The van der Waals surface area contributed by atoms with Crippen LogP contribution in [0.3, 0.4) is 0 Å². The second-order valence-electron chi connectivity index (χ2n) is 3.61. The summed E-state index contributed by atoms with van der Waals surface area (Å²) in [6, 6.07) is 6.35. The van der Waals surface area contributed by atoms with Gasteiger partial charge in [-0.3, -0.25) is 4.55 Å². The van der Waals surface area contributed by atoms with E-state index in [1.165, 1.54) is 6.07 Å². The third-order valence-electron chi connectivity index (χ3n) is 2.26. The lowest BCUT2D eigenvalue weighted by molar-refractivity contribution is 0.483. The molecule has 1 aromatic carbocycles. The van der Waals surface area contributed by atoms with Gasteiger partial charge in [0.1, 0.15) is 4.90 Å². The molecule has 0 aliphatic rings. The quantitative estimate of drug-likeness (QED) is 0.595. The van der Waals surface area contributed by atoms with Crippen molar-refractivity contribution in [3.8, 4) is 0 Å². The summed E-state index contributed by atoms with van der Waals surface area (Å²) in [5.74, 6) is 0. The van der Waals surface area contributed by atoms with Crippen LogP contribution >= 0.6 is 0 Å². The Labute approximate surface area is 96.4 Å². The molecule has 0 amide bonds. The maximum absolute atomic E-state index is 11.1. The standard InChI is InChI=1S/C11H17NO3S/c1-2-3-6-9-12-10-7-4-5-8-11(10)16(13,14)15/h4-5,7-8,12H,2-3,6,9H2,1H3,(H,13,14,15). The molecule has 0 saturated heterocycles. The number of hydrogen-bond acceptors (Lipinski definition) is 3. The Morgan fingerprint density at radius 2 is 1.94 bits per heavy atom. The van der Waals surface area contributed by atoms with Crippen molar-refractivity contribution < 1.29 is 13.0 Å². The summed E-state index contributed by atoms with van der Waals surface area (Å²) in [4.78, 5) is -0.0634. The number of para-hydroxylation sites is 1. The van der Waals surface area contributed by atoms with Crippen molar-refractivity contribution in [2.45, 2.75) is 31.1 Å². The lowest BCUT2D eigenvalue weighted by atomic mass is 10.2. The van der Waals surface area contributed by atoms with Crippen LogP contribution in [0.5, 0.6) is 0 Å². The molecule has 0 radical (unpaired) electrons. The SMILES string of the molecule is CCCCCNc1ccccc1S(=O)(=O)O. The van der Waals surface area contributed by atoms with E-state index in [1.54, 1.807) is 18.2 Å². The van der Waals surface area contributed by atoms with Crippen LogP contribution < -0.4 is 5.32 Å². The van der Waals surface area contributed by atoms with Gasteiger partial charge in [-0.25, -0.2) is 0 Å². The summed E-state index contributed by atoms with van der Waals surface area (Å²) in [7, 11) is -4.14. The second-order valence-corrected chi connectivity index (χ2v) is 5.00. The van der Waals surface area contributed by atoms with E-state index in [-0.39, 0.29) is 4.90 Å². The normalized spacial score (nSPS) is 11.4. The minimum Gasteiger partial charge on any atom is -0.384 e. The van der Waals surface area contributed by atoms with Crippen molar-refractivity contribution in [3.05, 3.63) is 24.3 Å². The molecule has 5 heteroatoms. The number of anilines is 1. The van der Waals surface area contributed by atoms with Crippen molar-refractivity contribution in [3.63, 3.8) is 0 Å². The zero-order valence-corrected chi connectivity index (χ0v) is 10.1. The van der Waals surface area contributed by atoms with Gasteiger partial charge in [-0.1, -0.05) is 31.9 Å². The third kappa shape index (κ3) is 3.83. The first kappa shape index (κ1) is 13.0. The molecule has 90 valence electrons. The van der Waals surface area contributed by atoms with Gasteiger partial charge in [-0.15, -0.1) is 0 Å². The molecule has 1 aromatic rings. The van der Waals surface area contributed by atoms with E-state index in [4.69, 9.17) is 4.55 Å². The molecule has 0 aliphatic carbocycles. The molecule has 0 saturated carbocycles. The average molecular weight is 243 g/mol. The fourth-order valence-corrected chi connectivity index (χ4v) is 2.10. The van der Waals surface area contributed by atoms with Gasteiger partial charge in [0, 0.05) is 6.54 Å². The largest absolute Gasteiger partial charge is 0.384 e. The van der Waals surface area contributed by atoms with Crippen LogP contribution in [0, 0.1) is 0 Å². The Balaban J connectivity index is 2.73. The van der Waals surface area contributed by atoms with Crippen LogP contribution in [0.2, 0.25) is 0 Å². The molecule has 2 N–H and O–H groups in total.